The zero-order valence-electron chi connectivity index (χ0n) is 16.9. The number of aromatic nitrogens is 2. The van der Waals surface area contributed by atoms with Gasteiger partial charge in [0.2, 0.25) is 0 Å². The highest BCUT2D eigenvalue weighted by Gasteiger charge is 2.45. The van der Waals surface area contributed by atoms with E-state index in [1.807, 2.05) is 4.90 Å². The molecule has 1 amide bonds. The number of fused-ring (bicyclic) bond motifs is 4. The van der Waals surface area contributed by atoms with E-state index in [2.05, 4.69) is 39.4 Å². The molecule has 0 unspecified atom stereocenters. The molecular formula is C23H28N4O2. The van der Waals surface area contributed by atoms with E-state index in [1.165, 1.54) is 31.2 Å². The Bertz CT molecular complexity index is 857. The molecule has 0 aliphatic carbocycles. The number of amides is 1. The predicted octanol–water partition coefficient (Wildman–Crippen LogP) is 3.17. The van der Waals surface area contributed by atoms with Gasteiger partial charge >= 0.3 is 0 Å². The summed E-state index contributed by atoms with van der Waals surface area (Å²) >= 11 is 0. The molecule has 1 aromatic heterocycles. The SMILES string of the molecule is COc1ccc([C@H]2CCC[C@H]3[C@@H]4C[C@@H](CN(C(=O)c5cccnn5)C4)CN23)cc1. The Morgan fingerprint density at radius 2 is 1.97 bits per heavy atom. The molecule has 2 bridgehead atoms. The summed E-state index contributed by atoms with van der Waals surface area (Å²) in [7, 11) is 1.71. The lowest BCUT2D eigenvalue weighted by Gasteiger charge is -2.55. The molecule has 3 aliphatic heterocycles. The van der Waals surface area contributed by atoms with Crippen LogP contribution >= 0.6 is 0 Å². The van der Waals surface area contributed by atoms with Crippen LogP contribution in [-0.2, 0) is 0 Å². The summed E-state index contributed by atoms with van der Waals surface area (Å²) in [4.78, 5) is 17.7. The molecule has 3 aliphatic rings. The minimum Gasteiger partial charge on any atom is -0.497 e. The number of benzene rings is 1. The average molecular weight is 393 g/mol. The van der Waals surface area contributed by atoms with E-state index in [0.717, 1.165) is 25.4 Å². The minimum absolute atomic E-state index is 0.0313. The second-order valence-corrected chi connectivity index (χ2v) is 8.66. The highest BCUT2D eigenvalue weighted by Crippen LogP contribution is 2.44. The molecule has 29 heavy (non-hydrogen) atoms. The van der Waals surface area contributed by atoms with E-state index in [9.17, 15) is 4.79 Å². The van der Waals surface area contributed by atoms with Crippen LogP contribution in [0.3, 0.4) is 0 Å². The summed E-state index contributed by atoms with van der Waals surface area (Å²) in [5.41, 5.74) is 1.85. The normalized spacial score (nSPS) is 29.2. The van der Waals surface area contributed by atoms with Crippen LogP contribution in [0.5, 0.6) is 5.75 Å². The van der Waals surface area contributed by atoms with Crippen LogP contribution in [0, 0.1) is 11.8 Å². The van der Waals surface area contributed by atoms with E-state index in [1.54, 1.807) is 25.4 Å². The van der Waals surface area contributed by atoms with Gasteiger partial charge in [-0.2, -0.15) is 5.10 Å². The number of hydrogen-bond acceptors (Lipinski definition) is 5. The van der Waals surface area contributed by atoms with E-state index in [0.29, 0.717) is 29.6 Å². The van der Waals surface area contributed by atoms with Gasteiger partial charge in [-0.05, 0) is 67.3 Å². The lowest BCUT2D eigenvalue weighted by molar-refractivity contribution is -0.0512. The average Bonchev–Trinajstić information content (AvgIpc) is 2.79. The van der Waals surface area contributed by atoms with Crippen LogP contribution in [0.1, 0.15) is 47.8 Å². The first-order valence-electron chi connectivity index (χ1n) is 10.7. The van der Waals surface area contributed by atoms with Crippen molar-refractivity contribution in [2.45, 2.75) is 37.8 Å². The largest absolute Gasteiger partial charge is 0.497 e. The van der Waals surface area contributed by atoms with Crippen LogP contribution < -0.4 is 4.74 Å². The molecule has 0 spiro atoms. The van der Waals surface area contributed by atoms with Crippen LogP contribution in [-0.4, -0.2) is 58.7 Å². The van der Waals surface area contributed by atoms with Gasteiger partial charge < -0.3 is 9.64 Å². The number of ether oxygens (including phenoxy) is 1. The molecule has 0 radical (unpaired) electrons. The van der Waals surface area contributed by atoms with Crippen molar-refractivity contribution in [3.63, 3.8) is 0 Å². The Kier molecular flexibility index (Phi) is 4.96. The number of likely N-dealkylation sites (tertiary alicyclic amines) is 1. The van der Waals surface area contributed by atoms with Crippen LogP contribution in [0.2, 0.25) is 0 Å². The molecule has 3 fully saturated rings. The van der Waals surface area contributed by atoms with Gasteiger partial charge in [0.15, 0.2) is 5.69 Å². The number of methoxy groups -OCH3 is 1. The summed E-state index contributed by atoms with van der Waals surface area (Å²) < 4.78 is 5.33. The maximum atomic E-state index is 12.9. The van der Waals surface area contributed by atoms with E-state index in [4.69, 9.17) is 4.74 Å². The number of carbonyl (C=O) groups excluding carboxylic acids is 1. The van der Waals surface area contributed by atoms with Crippen molar-refractivity contribution in [2.75, 3.05) is 26.7 Å². The fourth-order valence-corrected chi connectivity index (χ4v) is 5.74. The van der Waals surface area contributed by atoms with Gasteiger partial charge in [0.05, 0.1) is 7.11 Å². The van der Waals surface area contributed by atoms with Gasteiger partial charge in [-0.25, -0.2) is 0 Å². The maximum absolute atomic E-state index is 12.9. The molecule has 1 aromatic carbocycles. The van der Waals surface area contributed by atoms with E-state index < -0.39 is 0 Å². The van der Waals surface area contributed by atoms with Crippen molar-refractivity contribution in [3.8, 4) is 5.75 Å². The van der Waals surface area contributed by atoms with Crippen molar-refractivity contribution in [1.29, 1.82) is 0 Å². The zero-order chi connectivity index (χ0) is 19.8. The summed E-state index contributed by atoms with van der Waals surface area (Å²) in [6, 6.07) is 13.2. The first-order valence-corrected chi connectivity index (χ1v) is 10.7. The Morgan fingerprint density at radius 1 is 1.10 bits per heavy atom. The molecular weight excluding hydrogens is 364 g/mol. The molecule has 6 heteroatoms. The van der Waals surface area contributed by atoms with E-state index in [-0.39, 0.29) is 5.91 Å². The third-order valence-electron chi connectivity index (χ3n) is 6.97. The Hall–Kier alpha value is -2.47. The number of piperidine rings is 3. The highest BCUT2D eigenvalue weighted by atomic mass is 16.5. The van der Waals surface area contributed by atoms with Gasteiger partial charge in [-0.3, -0.25) is 9.69 Å². The lowest BCUT2D eigenvalue weighted by Crippen LogP contribution is -2.60. The number of rotatable bonds is 3. The standard InChI is InChI=1S/C23H28N4O2/c1-29-19-9-7-17(8-10-19)21-5-2-6-22-18-12-16(14-27(21)22)13-26(15-18)23(28)20-4-3-11-24-25-20/h3-4,7-11,16,18,21-22H,2,5-6,12-15H2,1H3/t16-,18+,21+,22-/m0/s1. The van der Waals surface area contributed by atoms with Crippen molar-refractivity contribution >= 4 is 5.91 Å². The highest BCUT2D eigenvalue weighted by molar-refractivity contribution is 5.92. The fourth-order valence-electron chi connectivity index (χ4n) is 5.74. The molecule has 0 N–H and O–H groups in total. The molecule has 5 rings (SSSR count). The van der Waals surface area contributed by atoms with Gasteiger partial charge in [0.1, 0.15) is 5.75 Å². The van der Waals surface area contributed by atoms with Crippen molar-refractivity contribution < 1.29 is 9.53 Å². The number of hydrogen-bond donors (Lipinski definition) is 0. The molecule has 152 valence electrons. The second kappa shape index (κ2) is 7.75. The summed E-state index contributed by atoms with van der Waals surface area (Å²) in [5, 5.41) is 7.91. The van der Waals surface area contributed by atoms with Crippen LogP contribution in [0.4, 0.5) is 0 Å². The van der Waals surface area contributed by atoms with Crippen LogP contribution in [0.15, 0.2) is 42.6 Å². The zero-order valence-corrected chi connectivity index (χ0v) is 16.9. The summed E-state index contributed by atoms with van der Waals surface area (Å²) in [6.07, 6.45) is 6.54. The summed E-state index contributed by atoms with van der Waals surface area (Å²) in [6.45, 7) is 2.73. The lowest BCUT2D eigenvalue weighted by atomic mass is 9.74. The van der Waals surface area contributed by atoms with Crippen LogP contribution in [0.25, 0.3) is 0 Å². The minimum atomic E-state index is 0.0313. The van der Waals surface area contributed by atoms with Crippen molar-refractivity contribution in [2.24, 2.45) is 11.8 Å². The second-order valence-electron chi connectivity index (χ2n) is 8.66. The smallest absolute Gasteiger partial charge is 0.274 e. The first-order chi connectivity index (χ1) is 14.2. The molecule has 3 saturated heterocycles. The topological polar surface area (TPSA) is 58.6 Å². The van der Waals surface area contributed by atoms with Gasteiger partial charge in [0.25, 0.3) is 5.91 Å². The summed E-state index contributed by atoms with van der Waals surface area (Å²) in [5.74, 6) is 2.02. The third kappa shape index (κ3) is 3.50. The number of carbonyl (C=O) groups is 1. The molecule has 0 saturated carbocycles. The Labute approximate surface area is 171 Å². The fraction of sp³-hybridized carbons (Fsp3) is 0.522. The Morgan fingerprint density at radius 3 is 2.72 bits per heavy atom. The maximum Gasteiger partial charge on any atom is 0.274 e. The first kappa shape index (κ1) is 18.6. The molecule has 2 aromatic rings. The third-order valence-corrected chi connectivity index (χ3v) is 6.97. The molecule has 4 atom stereocenters. The molecule has 4 heterocycles. The van der Waals surface area contributed by atoms with Gasteiger partial charge in [-0.1, -0.05) is 12.1 Å². The number of nitrogens with zero attached hydrogens (tertiary/aromatic N) is 4. The van der Waals surface area contributed by atoms with Gasteiger partial charge in [0, 0.05) is 37.9 Å². The Balaban J connectivity index is 1.34. The monoisotopic (exact) mass is 392 g/mol. The van der Waals surface area contributed by atoms with Crippen molar-refractivity contribution in [1.82, 2.24) is 20.0 Å². The molecule has 6 nitrogen and oxygen atoms in total. The van der Waals surface area contributed by atoms with Gasteiger partial charge in [-0.15, -0.1) is 5.10 Å². The quantitative estimate of drug-likeness (QED) is 0.803. The van der Waals surface area contributed by atoms with Crippen molar-refractivity contribution in [3.05, 3.63) is 53.9 Å². The predicted molar refractivity (Wildman–Crippen MR) is 110 cm³/mol. The van der Waals surface area contributed by atoms with E-state index >= 15 is 0 Å².